The summed E-state index contributed by atoms with van der Waals surface area (Å²) in [7, 11) is 0. The van der Waals surface area contributed by atoms with E-state index in [4.69, 9.17) is 0 Å². The van der Waals surface area contributed by atoms with Crippen LogP contribution in [0.15, 0.2) is 18.3 Å². The molecule has 19 heavy (non-hydrogen) atoms. The van der Waals surface area contributed by atoms with E-state index in [-0.39, 0.29) is 5.91 Å². The first kappa shape index (κ1) is 12.7. The number of amides is 1. The van der Waals surface area contributed by atoms with E-state index in [1.165, 1.54) is 12.8 Å². The zero-order valence-corrected chi connectivity index (χ0v) is 11.8. The smallest absolute Gasteiger partial charge is 0.270 e. The fourth-order valence-electron chi connectivity index (χ4n) is 3.40. The van der Waals surface area contributed by atoms with Gasteiger partial charge in [0.05, 0.1) is 0 Å². The summed E-state index contributed by atoms with van der Waals surface area (Å²) in [5.41, 5.74) is 0.827. The van der Waals surface area contributed by atoms with Crippen LogP contribution in [0.1, 0.15) is 43.2 Å². The molecule has 0 radical (unpaired) electrons. The van der Waals surface area contributed by atoms with Gasteiger partial charge in [-0.3, -0.25) is 4.79 Å². The van der Waals surface area contributed by atoms with Gasteiger partial charge in [0.25, 0.3) is 5.91 Å². The third-order valence-corrected chi connectivity index (χ3v) is 4.44. The summed E-state index contributed by atoms with van der Waals surface area (Å²) >= 11 is 0. The van der Waals surface area contributed by atoms with Crippen molar-refractivity contribution in [3.05, 3.63) is 24.0 Å². The minimum absolute atomic E-state index is 0.190. The van der Waals surface area contributed by atoms with Crippen LogP contribution in [0, 0.1) is 5.92 Å². The van der Waals surface area contributed by atoms with Crippen molar-refractivity contribution in [2.24, 2.45) is 5.92 Å². The maximum Gasteiger partial charge on any atom is 0.270 e. The Balaban J connectivity index is 1.76. The molecule has 104 valence electrons. The van der Waals surface area contributed by atoms with Gasteiger partial charge in [0.1, 0.15) is 5.69 Å². The molecule has 0 saturated carbocycles. The minimum Gasteiger partial charge on any atom is -0.341 e. The van der Waals surface area contributed by atoms with E-state index in [0.29, 0.717) is 18.0 Å². The molecule has 1 aromatic rings. The van der Waals surface area contributed by atoms with Crippen molar-refractivity contribution in [3.63, 3.8) is 0 Å². The molecule has 0 bridgehead atoms. The highest BCUT2D eigenvalue weighted by molar-refractivity contribution is 5.93. The fourth-order valence-corrected chi connectivity index (χ4v) is 3.40. The molecule has 0 aromatic carbocycles. The molecule has 2 aliphatic heterocycles. The van der Waals surface area contributed by atoms with Gasteiger partial charge in [0.2, 0.25) is 0 Å². The molecule has 0 aliphatic carbocycles. The highest BCUT2D eigenvalue weighted by atomic mass is 16.2. The average molecular weight is 261 g/mol. The highest BCUT2D eigenvalue weighted by Crippen LogP contribution is 2.26. The Kier molecular flexibility index (Phi) is 3.35. The summed E-state index contributed by atoms with van der Waals surface area (Å²) in [6, 6.07) is 4.75. The van der Waals surface area contributed by atoms with Gasteiger partial charge in [-0.25, -0.2) is 0 Å². The van der Waals surface area contributed by atoms with Crippen molar-refractivity contribution < 1.29 is 4.79 Å². The molecule has 4 heteroatoms. The third-order valence-electron chi connectivity index (χ3n) is 4.44. The van der Waals surface area contributed by atoms with Gasteiger partial charge in [-0.15, -0.1) is 0 Å². The quantitative estimate of drug-likeness (QED) is 0.883. The fraction of sp³-hybridized carbons (Fsp3) is 0.667. The number of hydrogen-bond acceptors (Lipinski definition) is 2. The van der Waals surface area contributed by atoms with Gasteiger partial charge >= 0.3 is 0 Å². The summed E-state index contributed by atoms with van der Waals surface area (Å²) in [6.45, 7) is 7.11. The molecule has 1 amide bonds. The van der Waals surface area contributed by atoms with E-state index < -0.39 is 0 Å². The largest absolute Gasteiger partial charge is 0.341 e. The first-order valence-electron chi connectivity index (χ1n) is 7.36. The molecule has 4 nitrogen and oxygen atoms in total. The highest BCUT2D eigenvalue weighted by Gasteiger charge is 2.37. The topological polar surface area (TPSA) is 37.3 Å². The van der Waals surface area contributed by atoms with Crippen molar-refractivity contribution in [2.75, 3.05) is 19.6 Å². The third kappa shape index (κ3) is 2.29. The number of aromatic nitrogens is 1. The predicted molar refractivity (Wildman–Crippen MR) is 75.2 cm³/mol. The standard InChI is InChI=1S/C15H23N3O/c1-11(2)18-8-4-6-14(18)15(19)17-9-12-5-3-7-16-13(12)10-17/h4,6,8,11-13,16H,3,5,7,9-10H2,1-2H3. The molecule has 1 aromatic heterocycles. The molecule has 2 aliphatic rings. The lowest BCUT2D eigenvalue weighted by atomic mass is 9.94. The van der Waals surface area contributed by atoms with Gasteiger partial charge in [-0.05, 0) is 51.3 Å². The number of nitrogens with zero attached hydrogens (tertiary/aromatic N) is 2. The van der Waals surface area contributed by atoms with Gasteiger partial charge in [-0.1, -0.05) is 0 Å². The summed E-state index contributed by atoms with van der Waals surface area (Å²) < 4.78 is 2.07. The number of nitrogens with one attached hydrogen (secondary N) is 1. The second-order valence-corrected chi connectivity index (χ2v) is 6.07. The van der Waals surface area contributed by atoms with Crippen LogP contribution in [0.4, 0.5) is 0 Å². The normalized spacial score (nSPS) is 26.8. The molecular formula is C15H23N3O. The van der Waals surface area contributed by atoms with E-state index in [2.05, 4.69) is 23.7 Å². The number of fused-ring (bicyclic) bond motifs is 1. The number of piperidine rings is 1. The second-order valence-electron chi connectivity index (χ2n) is 6.07. The van der Waals surface area contributed by atoms with Crippen molar-refractivity contribution in [3.8, 4) is 0 Å². The van der Waals surface area contributed by atoms with Crippen LogP contribution < -0.4 is 5.32 Å². The van der Waals surface area contributed by atoms with Gasteiger partial charge < -0.3 is 14.8 Å². The molecule has 2 unspecified atom stereocenters. The summed E-state index contributed by atoms with van der Waals surface area (Å²) in [4.78, 5) is 14.7. The van der Waals surface area contributed by atoms with Crippen LogP contribution in [0.2, 0.25) is 0 Å². The molecule has 1 N–H and O–H groups in total. The maximum absolute atomic E-state index is 12.7. The second kappa shape index (κ2) is 5.00. The zero-order chi connectivity index (χ0) is 13.4. The lowest BCUT2D eigenvalue weighted by molar-refractivity contribution is 0.0773. The summed E-state index contributed by atoms with van der Waals surface area (Å²) in [5, 5.41) is 3.55. The van der Waals surface area contributed by atoms with Crippen molar-refractivity contribution in [1.29, 1.82) is 0 Å². The van der Waals surface area contributed by atoms with Crippen molar-refractivity contribution in [1.82, 2.24) is 14.8 Å². The number of carbonyl (C=O) groups excluding carboxylic acids is 1. The predicted octanol–water partition coefficient (Wildman–Crippen LogP) is 1.89. The molecular weight excluding hydrogens is 238 g/mol. The SMILES string of the molecule is CC(C)n1cccc1C(=O)N1CC2CCCNC2C1. The number of carbonyl (C=O) groups is 1. The molecule has 0 spiro atoms. The van der Waals surface area contributed by atoms with Gasteiger partial charge in [-0.2, -0.15) is 0 Å². The maximum atomic E-state index is 12.7. The van der Waals surface area contributed by atoms with Crippen LogP contribution >= 0.6 is 0 Å². The van der Waals surface area contributed by atoms with E-state index in [9.17, 15) is 4.79 Å². The van der Waals surface area contributed by atoms with E-state index in [0.717, 1.165) is 25.3 Å². The van der Waals surface area contributed by atoms with E-state index in [1.807, 2.05) is 23.2 Å². The van der Waals surface area contributed by atoms with Gasteiger partial charge in [0, 0.05) is 31.4 Å². The lowest BCUT2D eigenvalue weighted by Crippen LogP contribution is -2.41. The van der Waals surface area contributed by atoms with Crippen molar-refractivity contribution >= 4 is 5.91 Å². The molecule has 2 saturated heterocycles. The molecule has 3 heterocycles. The van der Waals surface area contributed by atoms with Crippen LogP contribution in [0.25, 0.3) is 0 Å². The molecule has 2 atom stereocenters. The van der Waals surface area contributed by atoms with Crippen LogP contribution in [0.5, 0.6) is 0 Å². The number of rotatable bonds is 2. The molecule has 3 rings (SSSR count). The Morgan fingerprint density at radius 2 is 2.26 bits per heavy atom. The van der Waals surface area contributed by atoms with E-state index in [1.54, 1.807) is 0 Å². The van der Waals surface area contributed by atoms with Crippen LogP contribution in [-0.4, -0.2) is 41.1 Å². The van der Waals surface area contributed by atoms with Gasteiger partial charge in [0.15, 0.2) is 0 Å². The minimum atomic E-state index is 0.190. The molecule has 2 fully saturated rings. The Morgan fingerprint density at radius 1 is 1.42 bits per heavy atom. The van der Waals surface area contributed by atoms with Crippen LogP contribution in [-0.2, 0) is 0 Å². The Labute approximate surface area is 114 Å². The van der Waals surface area contributed by atoms with E-state index >= 15 is 0 Å². The van der Waals surface area contributed by atoms with Crippen LogP contribution in [0.3, 0.4) is 0 Å². The first-order chi connectivity index (χ1) is 9.16. The lowest BCUT2D eigenvalue weighted by Gasteiger charge is -2.24. The summed E-state index contributed by atoms with van der Waals surface area (Å²) in [6.07, 6.45) is 4.50. The Hall–Kier alpha value is -1.29. The number of likely N-dealkylation sites (tertiary alicyclic amines) is 1. The average Bonchev–Trinajstić information content (AvgIpc) is 3.04. The monoisotopic (exact) mass is 261 g/mol. The Bertz CT molecular complexity index is 452. The summed E-state index contributed by atoms with van der Waals surface area (Å²) in [5.74, 6) is 0.843. The zero-order valence-electron chi connectivity index (χ0n) is 11.8. The van der Waals surface area contributed by atoms with Crippen molar-refractivity contribution in [2.45, 2.75) is 38.8 Å². The Morgan fingerprint density at radius 3 is 3.00 bits per heavy atom. The first-order valence-corrected chi connectivity index (χ1v) is 7.36. The number of hydrogen-bond donors (Lipinski definition) is 1.